The number of halogens is 4. The van der Waals surface area contributed by atoms with Gasteiger partial charge in [0.1, 0.15) is 0 Å². The van der Waals surface area contributed by atoms with E-state index < -0.39 is 42.1 Å². The van der Waals surface area contributed by atoms with Crippen LogP contribution < -0.4 is 26.0 Å². The Morgan fingerprint density at radius 2 is 1.56 bits per heavy atom. The minimum atomic E-state index is -4.60. The van der Waals surface area contributed by atoms with Gasteiger partial charge in [-0.1, -0.05) is 23.7 Å². The Labute approximate surface area is 249 Å². The summed E-state index contributed by atoms with van der Waals surface area (Å²) in [6, 6.07) is 12.8. The fraction of sp³-hybridized carbons (Fsp3) is 0.333. The quantitative estimate of drug-likeness (QED) is 0.187. The van der Waals surface area contributed by atoms with E-state index in [0.717, 1.165) is 23.3 Å². The van der Waals surface area contributed by atoms with Crippen LogP contribution in [0.5, 0.6) is 6.01 Å². The van der Waals surface area contributed by atoms with E-state index in [1.165, 1.54) is 26.2 Å². The van der Waals surface area contributed by atoms with E-state index in [1.54, 1.807) is 24.3 Å². The average Bonchev–Trinajstić information content (AvgIpc) is 3.74. The van der Waals surface area contributed by atoms with Gasteiger partial charge < -0.3 is 30.9 Å². The number of ether oxygens (including phenoxy) is 1. The Bertz CT molecular complexity index is 1470. The first-order chi connectivity index (χ1) is 20.3. The largest absolute Gasteiger partial charge is 0.454 e. The zero-order valence-corrected chi connectivity index (χ0v) is 23.8. The zero-order chi connectivity index (χ0) is 31.2. The minimum Gasteiger partial charge on any atom is -0.454 e. The van der Waals surface area contributed by atoms with E-state index in [0.29, 0.717) is 16.3 Å². The van der Waals surface area contributed by atoms with Crippen molar-refractivity contribution in [2.24, 2.45) is 0 Å². The molecule has 3 amide bonds. The fourth-order valence-electron chi connectivity index (χ4n) is 3.84. The lowest BCUT2D eigenvalue weighted by molar-refractivity contribution is -0.154. The standard InChI is InChI=1S/C27H28ClF3N8O4/c1-39(2)22(42)21(41)33-14-13-32-20(40)16-3-9-19(10-4-16)34-23-35-24(37-25(36-23)43-15-27(29,30)31)38-26(11-12-26)17-5-7-18(28)8-6-17/h3-10H,11-15H2,1-2H3,(H,32,40)(H,33,41)(H2,34,35,36,37,38). The fourth-order valence-corrected chi connectivity index (χ4v) is 3.97. The van der Waals surface area contributed by atoms with Crippen molar-refractivity contribution in [3.05, 3.63) is 64.7 Å². The maximum Gasteiger partial charge on any atom is 0.422 e. The van der Waals surface area contributed by atoms with E-state index in [-0.39, 0.29) is 25.0 Å². The third-order valence-corrected chi connectivity index (χ3v) is 6.43. The van der Waals surface area contributed by atoms with Gasteiger partial charge in [0.25, 0.3) is 5.91 Å². The summed E-state index contributed by atoms with van der Waals surface area (Å²) in [5, 5.41) is 11.7. The molecule has 12 nitrogen and oxygen atoms in total. The van der Waals surface area contributed by atoms with Crippen LogP contribution in [0.25, 0.3) is 0 Å². The highest BCUT2D eigenvalue weighted by molar-refractivity contribution is 6.34. The zero-order valence-electron chi connectivity index (χ0n) is 23.1. The van der Waals surface area contributed by atoms with Crippen LogP contribution >= 0.6 is 11.6 Å². The van der Waals surface area contributed by atoms with Crippen molar-refractivity contribution in [1.29, 1.82) is 0 Å². The number of likely N-dealkylation sites (N-methyl/N-ethyl adjacent to an activating group) is 1. The number of anilines is 3. The summed E-state index contributed by atoms with van der Waals surface area (Å²) in [6.07, 6.45) is -3.11. The summed E-state index contributed by atoms with van der Waals surface area (Å²) < 4.78 is 43.2. The third-order valence-electron chi connectivity index (χ3n) is 6.18. The number of nitrogens with zero attached hydrogens (tertiary/aromatic N) is 4. The van der Waals surface area contributed by atoms with Gasteiger partial charge in [-0.15, -0.1) is 0 Å². The molecule has 16 heteroatoms. The Morgan fingerprint density at radius 1 is 0.930 bits per heavy atom. The van der Waals surface area contributed by atoms with Gasteiger partial charge in [-0.3, -0.25) is 14.4 Å². The lowest BCUT2D eigenvalue weighted by atomic mass is 10.1. The summed E-state index contributed by atoms with van der Waals surface area (Å²) in [7, 11) is 2.90. The number of rotatable bonds is 11. The Balaban J connectivity index is 1.41. The van der Waals surface area contributed by atoms with Crippen LogP contribution in [0.1, 0.15) is 28.8 Å². The maximum absolute atomic E-state index is 12.8. The molecule has 0 bridgehead atoms. The average molecular weight is 621 g/mol. The van der Waals surface area contributed by atoms with Gasteiger partial charge in [-0.25, -0.2) is 0 Å². The molecule has 1 saturated carbocycles. The van der Waals surface area contributed by atoms with Crippen molar-refractivity contribution in [3.63, 3.8) is 0 Å². The van der Waals surface area contributed by atoms with Crippen molar-refractivity contribution in [2.75, 3.05) is 44.4 Å². The Kier molecular flexibility index (Phi) is 9.53. The molecule has 2 aromatic carbocycles. The molecule has 4 rings (SSSR count). The molecular formula is C27H28ClF3N8O4. The van der Waals surface area contributed by atoms with Gasteiger partial charge in [0.2, 0.25) is 11.9 Å². The van der Waals surface area contributed by atoms with Crippen molar-refractivity contribution in [2.45, 2.75) is 24.6 Å². The molecule has 43 heavy (non-hydrogen) atoms. The summed E-state index contributed by atoms with van der Waals surface area (Å²) in [5.74, 6) is -1.98. The highest BCUT2D eigenvalue weighted by Crippen LogP contribution is 2.48. The second kappa shape index (κ2) is 13.1. The summed E-state index contributed by atoms with van der Waals surface area (Å²) in [5.41, 5.74) is 1.14. The number of benzene rings is 2. The maximum atomic E-state index is 12.8. The highest BCUT2D eigenvalue weighted by Gasteiger charge is 2.45. The molecule has 1 aromatic heterocycles. The van der Waals surface area contributed by atoms with Gasteiger partial charge in [-0.2, -0.15) is 28.1 Å². The van der Waals surface area contributed by atoms with Gasteiger partial charge in [-0.05, 0) is 54.8 Å². The number of hydrogen-bond donors (Lipinski definition) is 4. The first kappa shape index (κ1) is 31.3. The van der Waals surface area contributed by atoms with Crippen molar-refractivity contribution in [1.82, 2.24) is 30.5 Å². The van der Waals surface area contributed by atoms with Gasteiger partial charge in [0, 0.05) is 43.5 Å². The minimum absolute atomic E-state index is 0.0116. The van der Waals surface area contributed by atoms with Gasteiger partial charge in [0.05, 0.1) is 5.54 Å². The molecular weight excluding hydrogens is 593 g/mol. The lowest BCUT2D eigenvalue weighted by Gasteiger charge is -2.19. The SMILES string of the molecule is CN(C)C(=O)C(=O)NCCNC(=O)c1ccc(Nc2nc(NC3(c4ccc(Cl)cc4)CC3)nc(OCC(F)(F)F)n2)cc1. The van der Waals surface area contributed by atoms with E-state index in [4.69, 9.17) is 16.3 Å². The van der Waals surface area contributed by atoms with Gasteiger partial charge in [0.15, 0.2) is 6.61 Å². The first-order valence-corrected chi connectivity index (χ1v) is 13.4. The Hall–Kier alpha value is -4.66. The topological polar surface area (TPSA) is 150 Å². The van der Waals surface area contributed by atoms with Crippen LogP contribution in [0.4, 0.5) is 30.8 Å². The molecule has 0 atom stereocenters. The second-order valence-electron chi connectivity index (χ2n) is 9.80. The number of aromatic nitrogens is 3. The molecule has 1 aliphatic rings. The predicted octanol–water partition coefficient (Wildman–Crippen LogP) is 3.25. The molecule has 4 N–H and O–H groups in total. The van der Waals surface area contributed by atoms with Gasteiger partial charge >= 0.3 is 24.0 Å². The number of carbonyl (C=O) groups is 3. The van der Waals surface area contributed by atoms with Crippen LogP contribution in [-0.2, 0) is 15.1 Å². The van der Waals surface area contributed by atoms with E-state index in [9.17, 15) is 27.6 Å². The van der Waals surface area contributed by atoms with E-state index in [2.05, 4.69) is 36.2 Å². The second-order valence-corrected chi connectivity index (χ2v) is 10.2. The normalized spacial score (nSPS) is 13.4. The molecule has 0 radical (unpaired) electrons. The summed E-state index contributed by atoms with van der Waals surface area (Å²) in [6.45, 7) is -1.45. The molecule has 1 aliphatic carbocycles. The van der Waals surface area contributed by atoms with Crippen LogP contribution in [0.2, 0.25) is 5.02 Å². The molecule has 1 heterocycles. The number of alkyl halides is 3. The van der Waals surface area contributed by atoms with Crippen LogP contribution in [-0.4, -0.2) is 77.5 Å². The lowest BCUT2D eigenvalue weighted by Crippen LogP contribution is -2.42. The number of hydrogen-bond acceptors (Lipinski definition) is 9. The number of nitrogens with one attached hydrogen (secondary N) is 4. The van der Waals surface area contributed by atoms with Crippen molar-refractivity contribution < 1.29 is 32.3 Å². The van der Waals surface area contributed by atoms with Crippen LogP contribution in [0.15, 0.2) is 48.5 Å². The number of carbonyl (C=O) groups excluding carboxylic acids is 3. The van der Waals surface area contributed by atoms with Crippen molar-refractivity contribution >= 4 is 46.9 Å². The summed E-state index contributed by atoms with van der Waals surface area (Å²) in [4.78, 5) is 49.1. The molecule has 3 aromatic rings. The highest BCUT2D eigenvalue weighted by atomic mass is 35.5. The molecule has 0 unspecified atom stereocenters. The molecule has 0 saturated heterocycles. The summed E-state index contributed by atoms with van der Waals surface area (Å²) >= 11 is 6.00. The smallest absolute Gasteiger partial charge is 0.422 e. The third kappa shape index (κ3) is 8.91. The van der Waals surface area contributed by atoms with Crippen molar-refractivity contribution in [3.8, 4) is 6.01 Å². The van der Waals surface area contributed by atoms with Crippen LogP contribution in [0.3, 0.4) is 0 Å². The van der Waals surface area contributed by atoms with Crippen LogP contribution in [0, 0.1) is 0 Å². The Morgan fingerprint density at radius 3 is 2.16 bits per heavy atom. The predicted molar refractivity (Wildman–Crippen MR) is 151 cm³/mol. The monoisotopic (exact) mass is 620 g/mol. The molecule has 0 spiro atoms. The first-order valence-electron chi connectivity index (χ1n) is 13.0. The molecule has 1 fully saturated rings. The van der Waals surface area contributed by atoms with E-state index >= 15 is 0 Å². The molecule has 228 valence electrons. The number of amides is 3. The molecule has 0 aliphatic heterocycles. The van der Waals surface area contributed by atoms with E-state index in [1.807, 2.05) is 12.1 Å².